The summed E-state index contributed by atoms with van der Waals surface area (Å²) in [6.45, 7) is 0.886. The number of phenols is 1. The molecule has 7 heteroatoms. The number of aliphatic hydroxyl groups is 1. The molecule has 6 nitrogen and oxygen atoms in total. The number of benzene rings is 2. The number of aliphatic hydroxyl groups excluding tert-OH is 1. The van der Waals surface area contributed by atoms with Crippen LogP contribution >= 0.6 is 11.6 Å². The molecule has 0 spiro atoms. The monoisotopic (exact) mass is 413 g/mol. The predicted molar refractivity (Wildman–Crippen MR) is 108 cm³/mol. The molecule has 2 aromatic rings. The first-order chi connectivity index (χ1) is 14.0. The van der Waals surface area contributed by atoms with Gasteiger partial charge in [-0.1, -0.05) is 23.7 Å². The number of carbonyl (C=O) groups is 2. The van der Waals surface area contributed by atoms with Gasteiger partial charge in [0.05, 0.1) is 17.7 Å². The summed E-state index contributed by atoms with van der Waals surface area (Å²) in [4.78, 5) is 27.2. The Bertz CT molecular complexity index is 962. The predicted octanol–water partition coefficient (Wildman–Crippen LogP) is 3.65. The van der Waals surface area contributed by atoms with Gasteiger partial charge in [-0.3, -0.25) is 9.59 Å². The van der Waals surface area contributed by atoms with E-state index in [1.165, 1.54) is 17.0 Å². The van der Waals surface area contributed by atoms with Crippen LogP contribution < -0.4 is 0 Å². The van der Waals surface area contributed by atoms with Crippen molar-refractivity contribution in [3.63, 3.8) is 0 Å². The van der Waals surface area contributed by atoms with Crippen molar-refractivity contribution in [3.8, 4) is 5.75 Å². The van der Waals surface area contributed by atoms with Gasteiger partial charge in [-0.05, 0) is 54.8 Å². The van der Waals surface area contributed by atoms with Crippen molar-refractivity contribution in [1.82, 2.24) is 4.90 Å². The van der Waals surface area contributed by atoms with Crippen LogP contribution in [0.4, 0.5) is 0 Å². The molecule has 0 aliphatic carbocycles. The first kappa shape index (κ1) is 19.5. The Hall–Kier alpha value is -2.83. The third-order valence-electron chi connectivity index (χ3n) is 5.29. The minimum absolute atomic E-state index is 0.0148. The lowest BCUT2D eigenvalue weighted by molar-refractivity contribution is -0.140. The molecule has 2 unspecified atom stereocenters. The van der Waals surface area contributed by atoms with E-state index in [0.717, 1.165) is 12.8 Å². The van der Waals surface area contributed by atoms with Gasteiger partial charge in [-0.25, -0.2) is 0 Å². The smallest absolute Gasteiger partial charge is 0.295 e. The lowest BCUT2D eigenvalue weighted by Crippen LogP contribution is -2.36. The molecule has 2 atom stereocenters. The van der Waals surface area contributed by atoms with Crippen molar-refractivity contribution in [2.75, 3.05) is 13.2 Å². The maximum atomic E-state index is 12.9. The molecule has 2 aromatic carbocycles. The molecule has 1 amide bonds. The number of Topliss-reactive ketones (excluding diaryl/α,β-unsaturated/α-hetero) is 1. The topological polar surface area (TPSA) is 87.1 Å². The first-order valence-corrected chi connectivity index (χ1v) is 9.78. The van der Waals surface area contributed by atoms with Gasteiger partial charge in [-0.15, -0.1) is 0 Å². The second-order valence-corrected chi connectivity index (χ2v) is 7.62. The van der Waals surface area contributed by atoms with Crippen LogP contribution in [-0.4, -0.2) is 46.1 Å². The summed E-state index contributed by atoms with van der Waals surface area (Å²) in [5.74, 6) is -1.60. The highest BCUT2D eigenvalue weighted by atomic mass is 35.5. The Morgan fingerprint density at radius 1 is 1.10 bits per heavy atom. The van der Waals surface area contributed by atoms with Gasteiger partial charge in [0.2, 0.25) is 0 Å². The van der Waals surface area contributed by atoms with Gasteiger partial charge in [-0.2, -0.15) is 0 Å². The van der Waals surface area contributed by atoms with Crippen LogP contribution in [0.3, 0.4) is 0 Å². The quantitative estimate of drug-likeness (QED) is 0.454. The van der Waals surface area contributed by atoms with Crippen molar-refractivity contribution in [3.05, 3.63) is 70.3 Å². The van der Waals surface area contributed by atoms with Crippen molar-refractivity contribution < 1.29 is 24.5 Å². The van der Waals surface area contributed by atoms with E-state index in [-0.39, 0.29) is 29.7 Å². The van der Waals surface area contributed by atoms with Crippen LogP contribution in [0.25, 0.3) is 5.76 Å². The van der Waals surface area contributed by atoms with E-state index in [4.69, 9.17) is 16.3 Å². The summed E-state index contributed by atoms with van der Waals surface area (Å²) in [5.41, 5.74) is 1.03. The summed E-state index contributed by atoms with van der Waals surface area (Å²) in [6.07, 6.45) is 1.56. The highest BCUT2D eigenvalue weighted by Gasteiger charge is 2.47. The second-order valence-electron chi connectivity index (χ2n) is 7.18. The average Bonchev–Trinajstić information content (AvgIpc) is 3.31. The van der Waals surface area contributed by atoms with Crippen molar-refractivity contribution in [2.24, 2.45) is 0 Å². The Balaban J connectivity index is 1.81. The van der Waals surface area contributed by atoms with Gasteiger partial charge in [0, 0.05) is 23.7 Å². The number of aromatic hydroxyl groups is 1. The molecule has 0 saturated carbocycles. The zero-order valence-corrected chi connectivity index (χ0v) is 16.3. The van der Waals surface area contributed by atoms with E-state index < -0.39 is 17.7 Å². The Labute approximate surface area is 173 Å². The zero-order chi connectivity index (χ0) is 20.5. The minimum atomic E-state index is -0.768. The number of ketones is 1. The van der Waals surface area contributed by atoms with Gasteiger partial charge < -0.3 is 19.8 Å². The van der Waals surface area contributed by atoms with E-state index in [0.29, 0.717) is 22.8 Å². The fraction of sp³-hybridized carbons (Fsp3) is 0.273. The highest BCUT2D eigenvalue weighted by Crippen LogP contribution is 2.40. The number of phenolic OH excluding ortho intramolecular Hbond substituents is 1. The first-order valence-electron chi connectivity index (χ1n) is 9.40. The molecule has 29 heavy (non-hydrogen) atoms. The average molecular weight is 414 g/mol. The number of hydrogen-bond acceptors (Lipinski definition) is 5. The van der Waals surface area contributed by atoms with Gasteiger partial charge in [0.1, 0.15) is 11.5 Å². The largest absolute Gasteiger partial charge is 0.508 e. The number of likely N-dealkylation sites (tertiary alicyclic amines) is 1. The number of rotatable bonds is 4. The Morgan fingerprint density at radius 3 is 2.41 bits per heavy atom. The third kappa shape index (κ3) is 3.73. The molecular weight excluding hydrogens is 394 g/mol. The molecule has 2 heterocycles. The lowest BCUT2D eigenvalue weighted by Gasteiger charge is -2.27. The fourth-order valence-electron chi connectivity index (χ4n) is 3.84. The zero-order valence-electron chi connectivity index (χ0n) is 15.5. The molecule has 2 N–H and O–H groups in total. The number of ether oxygens (including phenoxy) is 1. The van der Waals surface area contributed by atoms with Crippen LogP contribution in [-0.2, 0) is 14.3 Å². The summed E-state index contributed by atoms with van der Waals surface area (Å²) < 4.78 is 5.66. The van der Waals surface area contributed by atoms with Crippen molar-refractivity contribution in [2.45, 2.75) is 25.0 Å². The lowest BCUT2D eigenvalue weighted by atomic mass is 9.95. The van der Waals surface area contributed by atoms with Crippen molar-refractivity contribution in [1.29, 1.82) is 0 Å². The SMILES string of the molecule is O=C1C(=O)N(CC2CCCO2)C(c2ccc(O)cc2)/C1=C(\O)c1ccc(Cl)cc1. The number of halogens is 1. The van der Waals surface area contributed by atoms with E-state index in [1.807, 2.05) is 0 Å². The van der Waals surface area contributed by atoms with Crippen LogP contribution in [0.2, 0.25) is 5.02 Å². The van der Waals surface area contributed by atoms with Crippen LogP contribution in [0, 0.1) is 0 Å². The molecule has 150 valence electrons. The van der Waals surface area contributed by atoms with E-state index in [9.17, 15) is 19.8 Å². The van der Waals surface area contributed by atoms with Crippen LogP contribution in [0.1, 0.15) is 30.0 Å². The van der Waals surface area contributed by atoms with Crippen molar-refractivity contribution >= 4 is 29.1 Å². The molecule has 2 aliphatic heterocycles. The molecule has 4 rings (SSSR count). The molecule has 2 fully saturated rings. The highest BCUT2D eigenvalue weighted by molar-refractivity contribution is 6.46. The summed E-state index contributed by atoms with van der Waals surface area (Å²) in [6, 6.07) is 11.9. The fourth-order valence-corrected chi connectivity index (χ4v) is 3.97. The number of carbonyl (C=O) groups excluding carboxylic acids is 2. The van der Waals surface area contributed by atoms with Gasteiger partial charge >= 0.3 is 0 Å². The standard InChI is InChI=1S/C22H20ClNO5/c23-15-7-3-14(4-8-15)20(26)18-19(13-5-9-16(25)10-6-13)24(22(28)21(18)27)12-17-2-1-11-29-17/h3-10,17,19,25-26H,1-2,11-12H2/b20-18+. The van der Waals surface area contributed by atoms with Gasteiger partial charge in [0.25, 0.3) is 11.7 Å². The van der Waals surface area contributed by atoms with Crippen LogP contribution in [0.5, 0.6) is 5.75 Å². The number of amides is 1. The van der Waals surface area contributed by atoms with Gasteiger partial charge in [0.15, 0.2) is 0 Å². The molecule has 2 aliphatic rings. The normalized spacial score (nSPS) is 23.7. The molecule has 0 radical (unpaired) electrons. The second kappa shape index (κ2) is 7.89. The molecular formula is C22H20ClNO5. The summed E-state index contributed by atoms with van der Waals surface area (Å²) in [7, 11) is 0. The molecule has 0 bridgehead atoms. The number of hydrogen-bond donors (Lipinski definition) is 2. The van der Waals surface area contributed by atoms with E-state index in [1.54, 1.807) is 36.4 Å². The minimum Gasteiger partial charge on any atom is -0.508 e. The third-order valence-corrected chi connectivity index (χ3v) is 5.54. The maximum absolute atomic E-state index is 12.9. The summed E-state index contributed by atoms with van der Waals surface area (Å²) in [5, 5.41) is 21.1. The van der Waals surface area contributed by atoms with E-state index >= 15 is 0 Å². The Kier molecular flexibility index (Phi) is 5.30. The van der Waals surface area contributed by atoms with E-state index in [2.05, 4.69) is 0 Å². The molecule has 2 saturated heterocycles. The van der Waals surface area contributed by atoms with Crippen LogP contribution in [0.15, 0.2) is 54.1 Å². The molecule has 0 aromatic heterocycles. The Morgan fingerprint density at radius 2 is 1.79 bits per heavy atom. The maximum Gasteiger partial charge on any atom is 0.295 e. The summed E-state index contributed by atoms with van der Waals surface area (Å²) >= 11 is 5.92. The number of nitrogens with zero attached hydrogens (tertiary/aromatic N) is 1.